The third-order valence-electron chi connectivity index (χ3n) is 1.92. The van der Waals surface area contributed by atoms with Crippen LogP contribution in [0.15, 0.2) is 23.8 Å². The number of carbonyl (C=O) groups excluding carboxylic acids is 2. The summed E-state index contributed by atoms with van der Waals surface area (Å²) >= 11 is 0. The largest absolute Gasteiger partial charge is 0.466 e. The van der Waals surface area contributed by atoms with Crippen molar-refractivity contribution in [2.24, 2.45) is 0 Å². The van der Waals surface area contributed by atoms with E-state index in [1.807, 2.05) is 0 Å². The van der Waals surface area contributed by atoms with E-state index in [0.717, 1.165) is 5.57 Å². The van der Waals surface area contributed by atoms with Crippen LogP contribution in [0.4, 0.5) is 0 Å². The first-order valence-corrected chi connectivity index (χ1v) is 4.51. The number of allylic oxidation sites excluding steroid dienone is 1. The van der Waals surface area contributed by atoms with Gasteiger partial charge in [-0.3, -0.25) is 4.79 Å². The zero-order valence-electron chi connectivity index (χ0n) is 9.49. The molecule has 1 atom stereocenters. The molecule has 0 aromatic carbocycles. The third-order valence-corrected chi connectivity index (χ3v) is 1.92. The second kappa shape index (κ2) is 6.01. The average molecular weight is 212 g/mol. The lowest BCUT2D eigenvalue weighted by Gasteiger charge is -2.18. The average Bonchev–Trinajstić information content (AvgIpc) is 2.22. The first kappa shape index (κ1) is 13.4. The fourth-order valence-corrected chi connectivity index (χ4v) is 0.994. The van der Waals surface area contributed by atoms with E-state index >= 15 is 0 Å². The summed E-state index contributed by atoms with van der Waals surface area (Å²) in [6.07, 6.45) is 1.02. The van der Waals surface area contributed by atoms with E-state index in [4.69, 9.17) is 4.74 Å². The second-order valence-electron chi connectivity index (χ2n) is 3.04. The summed E-state index contributed by atoms with van der Waals surface area (Å²) in [7, 11) is 1.25. The van der Waals surface area contributed by atoms with E-state index < -0.39 is 18.0 Å². The summed E-state index contributed by atoms with van der Waals surface area (Å²) < 4.78 is 9.49. The minimum absolute atomic E-state index is 0.114. The summed E-state index contributed by atoms with van der Waals surface area (Å²) in [4.78, 5) is 22.1. The van der Waals surface area contributed by atoms with Crippen molar-refractivity contribution in [3.63, 3.8) is 0 Å². The van der Waals surface area contributed by atoms with Gasteiger partial charge in [0, 0.05) is 6.92 Å². The number of rotatable bonds is 4. The van der Waals surface area contributed by atoms with Gasteiger partial charge in [-0.25, -0.2) is 4.79 Å². The maximum Gasteiger partial charge on any atom is 0.337 e. The van der Waals surface area contributed by atoms with Crippen molar-refractivity contribution in [1.82, 2.24) is 0 Å². The van der Waals surface area contributed by atoms with Crippen LogP contribution in [-0.4, -0.2) is 25.2 Å². The Morgan fingerprint density at radius 2 is 1.87 bits per heavy atom. The van der Waals surface area contributed by atoms with Gasteiger partial charge >= 0.3 is 11.9 Å². The molecule has 0 saturated heterocycles. The Morgan fingerprint density at radius 1 is 1.33 bits per heavy atom. The standard InChI is InChI=1S/C11H16O4/c1-6-7(2)10(15-9(4)12)8(3)11(13)14-5/h6,10H,3H2,1-2,4-5H3/b7-6+. The van der Waals surface area contributed by atoms with Gasteiger partial charge in [0.2, 0.25) is 0 Å². The molecule has 0 fully saturated rings. The number of esters is 2. The Kier molecular flexibility index (Phi) is 5.37. The van der Waals surface area contributed by atoms with Crippen LogP contribution in [0.3, 0.4) is 0 Å². The monoisotopic (exact) mass is 212 g/mol. The van der Waals surface area contributed by atoms with E-state index in [-0.39, 0.29) is 5.57 Å². The summed E-state index contributed by atoms with van der Waals surface area (Å²) in [5.41, 5.74) is 0.851. The predicted octanol–water partition coefficient (Wildman–Crippen LogP) is 1.61. The maximum absolute atomic E-state index is 11.2. The van der Waals surface area contributed by atoms with Crippen molar-refractivity contribution >= 4 is 11.9 Å². The van der Waals surface area contributed by atoms with Gasteiger partial charge in [0.1, 0.15) is 0 Å². The second-order valence-corrected chi connectivity index (χ2v) is 3.04. The van der Waals surface area contributed by atoms with Gasteiger partial charge in [-0.15, -0.1) is 0 Å². The van der Waals surface area contributed by atoms with Crippen LogP contribution in [0.2, 0.25) is 0 Å². The van der Waals surface area contributed by atoms with Crippen LogP contribution in [0.5, 0.6) is 0 Å². The molecule has 0 aliphatic carbocycles. The molecule has 15 heavy (non-hydrogen) atoms. The Bertz CT molecular complexity index is 302. The Labute approximate surface area is 89.6 Å². The zero-order valence-corrected chi connectivity index (χ0v) is 9.49. The molecule has 0 radical (unpaired) electrons. The molecule has 0 saturated carbocycles. The topological polar surface area (TPSA) is 52.6 Å². The number of ether oxygens (including phenoxy) is 2. The molecular formula is C11H16O4. The van der Waals surface area contributed by atoms with Crippen LogP contribution in [0, 0.1) is 0 Å². The first-order valence-electron chi connectivity index (χ1n) is 4.51. The van der Waals surface area contributed by atoms with E-state index in [0.29, 0.717) is 0 Å². The Balaban J connectivity index is 4.86. The van der Waals surface area contributed by atoms with Crippen molar-refractivity contribution < 1.29 is 19.1 Å². The number of hydrogen-bond donors (Lipinski definition) is 0. The summed E-state index contributed by atoms with van der Waals surface area (Å²) in [6, 6.07) is 0. The molecule has 4 heteroatoms. The molecule has 0 rings (SSSR count). The molecule has 0 amide bonds. The van der Waals surface area contributed by atoms with Crippen LogP contribution in [0.1, 0.15) is 20.8 Å². The summed E-state index contributed by atoms with van der Waals surface area (Å²) in [5, 5.41) is 0. The normalized spacial score (nSPS) is 12.9. The maximum atomic E-state index is 11.2. The highest BCUT2D eigenvalue weighted by atomic mass is 16.6. The van der Waals surface area contributed by atoms with Gasteiger partial charge in [0.05, 0.1) is 12.7 Å². The molecule has 0 spiro atoms. The van der Waals surface area contributed by atoms with Gasteiger partial charge in [0.25, 0.3) is 0 Å². The molecule has 0 aromatic heterocycles. The molecule has 0 aliphatic heterocycles. The highest BCUT2D eigenvalue weighted by Gasteiger charge is 2.23. The lowest BCUT2D eigenvalue weighted by molar-refractivity contribution is -0.145. The molecule has 1 unspecified atom stereocenters. The van der Waals surface area contributed by atoms with E-state index in [2.05, 4.69) is 11.3 Å². The summed E-state index contributed by atoms with van der Waals surface area (Å²) in [5.74, 6) is -1.05. The lowest BCUT2D eigenvalue weighted by atomic mass is 10.0. The minimum Gasteiger partial charge on any atom is -0.466 e. The molecule has 0 bridgehead atoms. The van der Waals surface area contributed by atoms with Crippen molar-refractivity contribution in [3.05, 3.63) is 23.8 Å². The molecule has 0 N–H and O–H groups in total. The molecule has 0 aromatic rings. The number of hydrogen-bond acceptors (Lipinski definition) is 4. The van der Waals surface area contributed by atoms with Gasteiger partial charge in [-0.05, 0) is 19.4 Å². The molecular weight excluding hydrogens is 196 g/mol. The first-order chi connectivity index (χ1) is 6.93. The molecule has 4 nitrogen and oxygen atoms in total. The van der Waals surface area contributed by atoms with Gasteiger partial charge < -0.3 is 9.47 Å². The zero-order chi connectivity index (χ0) is 12.0. The SMILES string of the molecule is C=C(C(=O)OC)C(OC(C)=O)/C(C)=C/C. The van der Waals surface area contributed by atoms with Crippen molar-refractivity contribution in [2.45, 2.75) is 26.9 Å². The molecule has 0 heterocycles. The van der Waals surface area contributed by atoms with Gasteiger partial charge in [-0.2, -0.15) is 0 Å². The number of carbonyl (C=O) groups is 2. The number of methoxy groups -OCH3 is 1. The molecule has 84 valence electrons. The van der Waals surface area contributed by atoms with Crippen molar-refractivity contribution in [2.75, 3.05) is 7.11 Å². The van der Waals surface area contributed by atoms with Crippen LogP contribution >= 0.6 is 0 Å². The van der Waals surface area contributed by atoms with Crippen LogP contribution < -0.4 is 0 Å². The lowest BCUT2D eigenvalue weighted by Crippen LogP contribution is -2.25. The minimum atomic E-state index is -0.736. The highest BCUT2D eigenvalue weighted by Crippen LogP contribution is 2.16. The van der Waals surface area contributed by atoms with Crippen molar-refractivity contribution in [3.8, 4) is 0 Å². The van der Waals surface area contributed by atoms with E-state index in [9.17, 15) is 9.59 Å². The van der Waals surface area contributed by atoms with Crippen molar-refractivity contribution in [1.29, 1.82) is 0 Å². The smallest absolute Gasteiger partial charge is 0.337 e. The quantitative estimate of drug-likeness (QED) is 0.403. The van der Waals surface area contributed by atoms with Gasteiger partial charge in [0.15, 0.2) is 6.10 Å². The fourth-order valence-electron chi connectivity index (χ4n) is 0.994. The highest BCUT2D eigenvalue weighted by molar-refractivity contribution is 5.90. The third kappa shape index (κ3) is 3.97. The Morgan fingerprint density at radius 3 is 2.20 bits per heavy atom. The Hall–Kier alpha value is -1.58. The predicted molar refractivity (Wildman–Crippen MR) is 56.1 cm³/mol. The summed E-state index contributed by atoms with van der Waals surface area (Å²) in [6.45, 7) is 8.37. The van der Waals surface area contributed by atoms with Gasteiger partial charge in [-0.1, -0.05) is 12.7 Å². The van der Waals surface area contributed by atoms with E-state index in [1.54, 1.807) is 19.9 Å². The fraction of sp³-hybridized carbons (Fsp3) is 0.455. The van der Waals surface area contributed by atoms with Crippen LogP contribution in [0.25, 0.3) is 0 Å². The molecule has 0 aliphatic rings. The van der Waals surface area contributed by atoms with Crippen LogP contribution in [-0.2, 0) is 19.1 Å². The van der Waals surface area contributed by atoms with E-state index in [1.165, 1.54) is 14.0 Å².